The van der Waals surface area contributed by atoms with E-state index in [-0.39, 0.29) is 5.75 Å². The molecule has 25 heavy (non-hydrogen) atoms. The lowest BCUT2D eigenvalue weighted by molar-refractivity contribution is 0.112. The quantitative estimate of drug-likeness (QED) is 0.590. The summed E-state index contributed by atoms with van der Waals surface area (Å²) in [7, 11) is 0. The van der Waals surface area contributed by atoms with Gasteiger partial charge in [-0.15, -0.1) is 0 Å². The number of carbonyl (C=O) groups excluding carboxylic acids is 1. The van der Waals surface area contributed by atoms with Gasteiger partial charge >= 0.3 is 0 Å². The molecule has 2 heteroatoms. The highest BCUT2D eigenvalue weighted by atomic mass is 16.3. The van der Waals surface area contributed by atoms with Crippen molar-refractivity contribution in [3.05, 3.63) is 70.8 Å². The van der Waals surface area contributed by atoms with E-state index < -0.39 is 0 Å². The summed E-state index contributed by atoms with van der Waals surface area (Å²) in [5.74, 6) is 0.0440. The van der Waals surface area contributed by atoms with Crippen LogP contribution < -0.4 is 0 Å². The predicted molar refractivity (Wildman–Crippen MR) is 105 cm³/mol. The van der Waals surface area contributed by atoms with Gasteiger partial charge in [0.25, 0.3) is 0 Å². The number of benzene rings is 3. The Morgan fingerprint density at radius 2 is 1.84 bits per heavy atom. The molecule has 0 saturated carbocycles. The van der Waals surface area contributed by atoms with Crippen molar-refractivity contribution in [3.8, 4) is 16.9 Å². The molecule has 0 spiro atoms. The van der Waals surface area contributed by atoms with E-state index in [2.05, 4.69) is 44.2 Å². The highest BCUT2D eigenvalue weighted by Crippen LogP contribution is 2.41. The van der Waals surface area contributed by atoms with E-state index in [1.807, 2.05) is 25.1 Å². The lowest BCUT2D eigenvalue weighted by Gasteiger charge is -2.17. The summed E-state index contributed by atoms with van der Waals surface area (Å²) in [6.07, 6.45) is 5.88. The third-order valence-corrected chi connectivity index (χ3v) is 4.50. The number of phenols is 1. The molecular weight excluding hydrogens is 308 g/mol. The normalized spacial score (nSPS) is 11.3. The van der Waals surface area contributed by atoms with Gasteiger partial charge in [-0.3, -0.25) is 4.79 Å². The van der Waals surface area contributed by atoms with Gasteiger partial charge in [0.1, 0.15) is 5.75 Å². The summed E-state index contributed by atoms with van der Waals surface area (Å²) in [6, 6.07) is 14.0. The zero-order chi connectivity index (χ0) is 18.0. The number of allylic oxidation sites excluding steroid dienone is 1. The standard InChI is InChI=1S/C23H22O2/c1-4-5-9-19-16(3)13-17-8-6-7-10-20(17)22(19)21-12-15(2)11-18(14-24)23(21)25/h5-14,25H,4H2,1-3H3/b9-5-. The maximum Gasteiger partial charge on any atom is 0.153 e. The molecule has 0 radical (unpaired) electrons. The van der Waals surface area contributed by atoms with E-state index in [1.165, 1.54) is 0 Å². The van der Waals surface area contributed by atoms with Crippen LogP contribution in [0, 0.1) is 13.8 Å². The van der Waals surface area contributed by atoms with E-state index in [1.54, 1.807) is 6.07 Å². The highest BCUT2D eigenvalue weighted by molar-refractivity contribution is 6.04. The summed E-state index contributed by atoms with van der Waals surface area (Å²) in [6.45, 7) is 6.12. The SMILES string of the molecule is CC/C=C\c1c(C)cc2ccccc2c1-c1cc(C)cc(C=O)c1O. The number of hydrogen-bond donors (Lipinski definition) is 1. The van der Waals surface area contributed by atoms with Gasteiger partial charge in [0.2, 0.25) is 0 Å². The molecule has 1 N–H and O–H groups in total. The van der Waals surface area contributed by atoms with Crippen molar-refractivity contribution in [2.24, 2.45) is 0 Å². The Morgan fingerprint density at radius 1 is 1.08 bits per heavy atom. The van der Waals surface area contributed by atoms with Gasteiger partial charge in [-0.1, -0.05) is 49.4 Å². The Morgan fingerprint density at radius 3 is 2.56 bits per heavy atom. The molecule has 0 fully saturated rings. The fourth-order valence-corrected chi connectivity index (χ4v) is 3.33. The molecule has 3 rings (SSSR count). The molecular formula is C23H22O2. The zero-order valence-electron chi connectivity index (χ0n) is 14.8. The van der Waals surface area contributed by atoms with Crippen LogP contribution in [0.25, 0.3) is 28.0 Å². The van der Waals surface area contributed by atoms with Crippen LogP contribution in [0.2, 0.25) is 0 Å². The maximum absolute atomic E-state index is 11.4. The topological polar surface area (TPSA) is 37.3 Å². The first-order valence-electron chi connectivity index (χ1n) is 8.54. The van der Waals surface area contributed by atoms with Crippen molar-refractivity contribution in [3.63, 3.8) is 0 Å². The van der Waals surface area contributed by atoms with Crippen molar-refractivity contribution in [1.29, 1.82) is 0 Å². The molecule has 0 saturated heterocycles. The van der Waals surface area contributed by atoms with Crippen LogP contribution in [0.3, 0.4) is 0 Å². The molecule has 3 aromatic rings. The smallest absolute Gasteiger partial charge is 0.153 e. The summed E-state index contributed by atoms with van der Waals surface area (Å²) < 4.78 is 0. The van der Waals surface area contributed by atoms with E-state index in [0.717, 1.165) is 39.4 Å². The van der Waals surface area contributed by atoms with Crippen molar-refractivity contribution < 1.29 is 9.90 Å². The first-order valence-corrected chi connectivity index (χ1v) is 8.54. The molecule has 0 aliphatic heterocycles. The highest BCUT2D eigenvalue weighted by Gasteiger charge is 2.17. The number of carbonyl (C=O) groups is 1. The van der Waals surface area contributed by atoms with Gasteiger partial charge < -0.3 is 5.11 Å². The van der Waals surface area contributed by atoms with Crippen LogP contribution in [-0.4, -0.2) is 11.4 Å². The fraction of sp³-hybridized carbons (Fsp3) is 0.174. The van der Waals surface area contributed by atoms with Gasteiger partial charge in [0.15, 0.2) is 6.29 Å². The summed E-state index contributed by atoms with van der Waals surface area (Å²) in [4.78, 5) is 11.4. The number of hydrogen-bond acceptors (Lipinski definition) is 2. The van der Waals surface area contributed by atoms with E-state index in [0.29, 0.717) is 17.4 Å². The number of aldehydes is 1. The predicted octanol–water partition coefficient (Wildman–Crippen LogP) is 6.06. The van der Waals surface area contributed by atoms with Gasteiger partial charge in [0, 0.05) is 11.1 Å². The third kappa shape index (κ3) is 3.08. The second-order valence-corrected chi connectivity index (χ2v) is 6.38. The Hall–Kier alpha value is -2.87. The number of fused-ring (bicyclic) bond motifs is 1. The largest absolute Gasteiger partial charge is 0.507 e. The fourth-order valence-electron chi connectivity index (χ4n) is 3.33. The number of aromatic hydroxyl groups is 1. The first-order chi connectivity index (χ1) is 12.1. The van der Waals surface area contributed by atoms with Crippen LogP contribution >= 0.6 is 0 Å². The minimum atomic E-state index is 0.0440. The van der Waals surface area contributed by atoms with Crippen molar-refractivity contribution in [1.82, 2.24) is 0 Å². The van der Waals surface area contributed by atoms with E-state index in [9.17, 15) is 9.90 Å². The zero-order valence-corrected chi connectivity index (χ0v) is 14.8. The van der Waals surface area contributed by atoms with Crippen LogP contribution in [-0.2, 0) is 0 Å². The summed E-state index contributed by atoms with van der Waals surface area (Å²) >= 11 is 0. The lowest BCUT2D eigenvalue weighted by Crippen LogP contribution is -1.94. The van der Waals surface area contributed by atoms with Crippen LogP contribution in [0.4, 0.5) is 0 Å². The third-order valence-electron chi connectivity index (χ3n) is 4.50. The van der Waals surface area contributed by atoms with Crippen LogP contribution in [0.5, 0.6) is 5.75 Å². The average molecular weight is 330 g/mol. The summed E-state index contributed by atoms with van der Waals surface area (Å²) in [5.41, 5.74) is 5.18. The molecule has 3 aromatic carbocycles. The minimum absolute atomic E-state index is 0.0440. The van der Waals surface area contributed by atoms with Crippen LogP contribution in [0.1, 0.15) is 40.4 Å². The van der Waals surface area contributed by atoms with E-state index >= 15 is 0 Å². The van der Waals surface area contributed by atoms with Gasteiger partial charge in [0.05, 0.1) is 5.56 Å². The minimum Gasteiger partial charge on any atom is -0.507 e. The molecule has 0 aromatic heterocycles. The molecule has 0 aliphatic carbocycles. The molecule has 0 atom stereocenters. The summed E-state index contributed by atoms with van der Waals surface area (Å²) in [5, 5.41) is 12.9. The molecule has 0 heterocycles. The van der Waals surface area contributed by atoms with E-state index in [4.69, 9.17) is 0 Å². The average Bonchev–Trinajstić information content (AvgIpc) is 2.61. The van der Waals surface area contributed by atoms with Crippen molar-refractivity contribution in [2.45, 2.75) is 27.2 Å². The van der Waals surface area contributed by atoms with Gasteiger partial charge in [-0.2, -0.15) is 0 Å². The molecule has 0 bridgehead atoms. The Bertz CT molecular complexity index is 981. The van der Waals surface area contributed by atoms with Gasteiger partial charge in [-0.05, 0) is 59.9 Å². The van der Waals surface area contributed by atoms with Gasteiger partial charge in [-0.25, -0.2) is 0 Å². The molecule has 0 unspecified atom stereocenters. The van der Waals surface area contributed by atoms with Crippen molar-refractivity contribution >= 4 is 23.1 Å². The van der Waals surface area contributed by atoms with Crippen molar-refractivity contribution in [2.75, 3.05) is 0 Å². The molecule has 0 aliphatic rings. The molecule has 0 amide bonds. The second-order valence-electron chi connectivity index (χ2n) is 6.38. The Kier molecular flexibility index (Phi) is 4.71. The number of aryl methyl sites for hydroxylation is 2. The van der Waals surface area contributed by atoms with Crippen LogP contribution in [0.15, 0.2) is 48.5 Å². The molecule has 126 valence electrons. The molecule has 2 nitrogen and oxygen atoms in total. The maximum atomic E-state index is 11.4. The lowest BCUT2D eigenvalue weighted by atomic mass is 9.88. The monoisotopic (exact) mass is 330 g/mol. The number of rotatable bonds is 4. The Labute approximate surface area is 148 Å². The second kappa shape index (κ2) is 6.94. The first kappa shape index (κ1) is 17.0. The number of phenolic OH excluding ortho intramolecular Hbond substituents is 1. The Balaban J connectivity index is 2.48.